The highest BCUT2D eigenvalue weighted by Crippen LogP contribution is 2.13. The number of nitrogens with one attached hydrogen (secondary N) is 1. The minimum atomic E-state index is -0.0377. The molecule has 3 N–H and O–H groups in total. The maximum absolute atomic E-state index is 11.5. The number of nitrogens with zero attached hydrogens (tertiary/aromatic N) is 1. The maximum Gasteiger partial charge on any atom is 0.237 e. The van der Waals surface area contributed by atoms with E-state index in [1.165, 1.54) is 0 Å². The molecule has 1 fully saturated rings. The van der Waals surface area contributed by atoms with Gasteiger partial charge in [-0.2, -0.15) is 0 Å². The molecule has 0 saturated carbocycles. The van der Waals surface area contributed by atoms with Crippen molar-refractivity contribution in [2.24, 2.45) is 5.73 Å². The molecular weight excluding hydrogens is 254 g/mol. The molecule has 1 atom stereocenters. The van der Waals surface area contributed by atoms with Gasteiger partial charge in [0.15, 0.2) is 0 Å². The normalized spacial score (nSPS) is 19.7. The molecule has 110 valence electrons. The molecule has 0 radical (unpaired) electrons. The van der Waals surface area contributed by atoms with Gasteiger partial charge in [-0.1, -0.05) is 12.1 Å². The molecule has 1 aliphatic rings. The topological polar surface area (TPSA) is 67.6 Å². The summed E-state index contributed by atoms with van der Waals surface area (Å²) in [5.41, 5.74) is 6.67. The molecule has 0 bridgehead atoms. The first-order valence-electron chi connectivity index (χ1n) is 7.14. The zero-order valence-electron chi connectivity index (χ0n) is 12.0. The lowest BCUT2D eigenvalue weighted by atomic mass is 10.2. The van der Waals surface area contributed by atoms with Crippen LogP contribution in [0.25, 0.3) is 0 Å². The van der Waals surface area contributed by atoms with Crippen LogP contribution in [0.1, 0.15) is 18.9 Å². The summed E-state index contributed by atoms with van der Waals surface area (Å²) >= 11 is 0. The van der Waals surface area contributed by atoms with Crippen molar-refractivity contribution in [1.29, 1.82) is 0 Å². The fourth-order valence-electron chi connectivity index (χ4n) is 2.36. The number of ether oxygens (including phenoxy) is 1. The SMILES string of the molecule is CC1C(=O)NCCN1CCCOc1cccc(CN)c1. The minimum Gasteiger partial charge on any atom is -0.494 e. The summed E-state index contributed by atoms with van der Waals surface area (Å²) in [6.45, 7) is 5.65. The zero-order chi connectivity index (χ0) is 14.4. The van der Waals surface area contributed by atoms with Crippen molar-refractivity contribution in [3.05, 3.63) is 29.8 Å². The smallest absolute Gasteiger partial charge is 0.237 e. The maximum atomic E-state index is 11.5. The van der Waals surface area contributed by atoms with Crippen LogP contribution in [0.4, 0.5) is 0 Å². The third-order valence-electron chi connectivity index (χ3n) is 3.62. The standard InChI is InChI=1S/C15H23N3O2/c1-12-15(19)17-6-8-18(12)7-3-9-20-14-5-2-4-13(10-14)11-16/h2,4-5,10,12H,3,6-9,11,16H2,1H3,(H,17,19). The molecule has 0 spiro atoms. The molecule has 1 unspecified atom stereocenters. The summed E-state index contributed by atoms with van der Waals surface area (Å²) in [4.78, 5) is 13.7. The van der Waals surface area contributed by atoms with Gasteiger partial charge in [0.05, 0.1) is 12.6 Å². The molecule has 0 aromatic heterocycles. The first-order chi connectivity index (χ1) is 9.70. The van der Waals surface area contributed by atoms with E-state index < -0.39 is 0 Å². The van der Waals surface area contributed by atoms with Crippen LogP contribution in [-0.4, -0.2) is 43.1 Å². The number of rotatable bonds is 6. The van der Waals surface area contributed by atoms with Crippen LogP contribution in [0.3, 0.4) is 0 Å². The van der Waals surface area contributed by atoms with Crippen LogP contribution >= 0.6 is 0 Å². The van der Waals surface area contributed by atoms with Crippen molar-refractivity contribution in [3.8, 4) is 5.75 Å². The van der Waals surface area contributed by atoms with E-state index in [4.69, 9.17) is 10.5 Å². The van der Waals surface area contributed by atoms with Crippen molar-refractivity contribution in [2.45, 2.75) is 25.9 Å². The molecule has 1 amide bonds. The number of amides is 1. The predicted molar refractivity (Wildman–Crippen MR) is 78.5 cm³/mol. The van der Waals surface area contributed by atoms with Crippen molar-refractivity contribution in [2.75, 3.05) is 26.2 Å². The van der Waals surface area contributed by atoms with Crippen molar-refractivity contribution in [1.82, 2.24) is 10.2 Å². The number of carbonyl (C=O) groups excluding carboxylic acids is 1. The fourth-order valence-corrected chi connectivity index (χ4v) is 2.36. The Morgan fingerprint density at radius 2 is 2.35 bits per heavy atom. The van der Waals surface area contributed by atoms with Crippen LogP contribution in [0.5, 0.6) is 5.75 Å². The van der Waals surface area contributed by atoms with Crippen LogP contribution < -0.4 is 15.8 Å². The van der Waals surface area contributed by atoms with Gasteiger partial charge in [0.1, 0.15) is 5.75 Å². The quantitative estimate of drug-likeness (QED) is 0.752. The van der Waals surface area contributed by atoms with E-state index >= 15 is 0 Å². The molecule has 1 aromatic carbocycles. The zero-order valence-corrected chi connectivity index (χ0v) is 12.0. The molecule has 1 saturated heterocycles. The number of nitrogens with two attached hydrogens (primary N) is 1. The van der Waals surface area contributed by atoms with Crippen LogP contribution in [0, 0.1) is 0 Å². The summed E-state index contributed by atoms with van der Waals surface area (Å²) in [6, 6.07) is 7.81. The van der Waals surface area contributed by atoms with Crippen LogP contribution in [-0.2, 0) is 11.3 Å². The number of carbonyl (C=O) groups is 1. The largest absolute Gasteiger partial charge is 0.494 e. The third kappa shape index (κ3) is 3.95. The highest BCUT2D eigenvalue weighted by molar-refractivity contribution is 5.81. The Morgan fingerprint density at radius 1 is 1.50 bits per heavy atom. The van der Waals surface area contributed by atoms with E-state index in [1.54, 1.807) is 0 Å². The second kappa shape index (κ2) is 7.26. The minimum absolute atomic E-state index is 0.0377. The number of piperazine rings is 1. The number of hydrogen-bond acceptors (Lipinski definition) is 4. The van der Waals surface area contributed by atoms with E-state index in [0.29, 0.717) is 13.2 Å². The van der Waals surface area contributed by atoms with Crippen molar-refractivity contribution in [3.63, 3.8) is 0 Å². The Bertz CT molecular complexity index is 450. The Balaban J connectivity index is 1.72. The molecule has 5 nitrogen and oxygen atoms in total. The number of benzene rings is 1. The van der Waals surface area contributed by atoms with Gasteiger partial charge in [-0.15, -0.1) is 0 Å². The molecule has 1 aliphatic heterocycles. The van der Waals surface area contributed by atoms with Gasteiger partial charge in [0, 0.05) is 26.2 Å². The Morgan fingerprint density at radius 3 is 3.15 bits per heavy atom. The van der Waals surface area contributed by atoms with Crippen LogP contribution in [0.15, 0.2) is 24.3 Å². The molecule has 2 rings (SSSR count). The summed E-state index contributed by atoms with van der Waals surface area (Å²) in [7, 11) is 0. The van der Waals surface area contributed by atoms with E-state index in [1.807, 2.05) is 31.2 Å². The Hall–Kier alpha value is -1.59. The average Bonchev–Trinajstić information content (AvgIpc) is 2.48. The monoisotopic (exact) mass is 277 g/mol. The van der Waals surface area contributed by atoms with Crippen molar-refractivity contribution < 1.29 is 9.53 Å². The Kier molecular flexibility index (Phi) is 5.38. The van der Waals surface area contributed by atoms with Crippen LogP contribution in [0.2, 0.25) is 0 Å². The van der Waals surface area contributed by atoms with Gasteiger partial charge in [-0.25, -0.2) is 0 Å². The van der Waals surface area contributed by atoms with E-state index in [9.17, 15) is 4.79 Å². The molecular formula is C15H23N3O2. The lowest BCUT2D eigenvalue weighted by molar-refractivity contribution is -0.128. The fraction of sp³-hybridized carbons (Fsp3) is 0.533. The highest BCUT2D eigenvalue weighted by Gasteiger charge is 2.24. The predicted octanol–water partition coefficient (Wildman–Crippen LogP) is 0.734. The third-order valence-corrected chi connectivity index (χ3v) is 3.62. The lowest BCUT2D eigenvalue weighted by Gasteiger charge is -2.32. The first-order valence-corrected chi connectivity index (χ1v) is 7.14. The van der Waals surface area contributed by atoms with E-state index in [2.05, 4.69) is 10.2 Å². The van der Waals surface area contributed by atoms with Gasteiger partial charge in [-0.3, -0.25) is 9.69 Å². The summed E-state index contributed by atoms with van der Waals surface area (Å²) < 4.78 is 5.72. The van der Waals surface area contributed by atoms with Gasteiger partial charge in [0.25, 0.3) is 0 Å². The summed E-state index contributed by atoms with van der Waals surface area (Å²) in [5, 5.41) is 2.87. The second-order valence-electron chi connectivity index (χ2n) is 5.06. The van der Waals surface area contributed by atoms with Crippen molar-refractivity contribution >= 4 is 5.91 Å². The lowest BCUT2D eigenvalue weighted by Crippen LogP contribution is -2.54. The summed E-state index contributed by atoms with van der Waals surface area (Å²) in [5.74, 6) is 0.977. The highest BCUT2D eigenvalue weighted by atomic mass is 16.5. The molecule has 20 heavy (non-hydrogen) atoms. The van der Waals surface area contributed by atoms with E-state index in [-0.39, 0.29) is 11.9 Å². The second-order valence-corrected chi connectivity index (χ2v) is 5.06. The van der Waals surface area contributed by atoms with Gasteiger partial charge < -0.3 is 15.8 Å². The van der Waals surface area contributed by atoms with E-state index in [0.717, 1.165) is 37.4 Å². The van der Waals surface area contributed by atoms with Gasteiger partial charge >= 0.3 is 0 Å². The first kappa shape index (κ1) is 14.8. The molecule has 1 aromatic rings. The van der Waals surface area contributed by atoms with Gasteiger partial charge in [-0.05, 0) is 31.0 Å². The molecule has 0 aliphatic carbocycles. The average molecular weight is 277 g/mol. The molecule has 5 heteroatoms. The Labute approximate surface area is 120 Å². The summed E-state index contributed by atoms with van der Waals surface area (Å²) in [6.07, 6.45) is 0.907. The number of hydrogen-bond donors (Lipinski definition) is 2. The molecule has 1 heterocycles. The van der Waals surface area contributed by atoms with Gasteiger partial charge in [0.2, 0.25) is 5.91 Å².